The molecule has 16 nitrogen and oxygen atoms in total. The summed E-state index contributed by atoms with van der Waals surface area (Å²) in [5.74, 6) is -9.34. The van der Waals surface area contributed by atoms with Gasteiger partial charge in [-0.05, 0) is 27.0 Å². The van der Waals surface area contributed by atoms with E-state index in [0.29, 0.717) is 26.2 Å². The summed E-state index contributed by atoms with van der Waals surface area (Å²) in [5.41, 5.74) is -1.82. The molecule has 59 heavy (non-hydrogen) atoms. The molecule has 0 radical (unpaired) electrons. The van der Waals surface area contributed by atoms with Crippen molar-refractivity contribution in [1.29, 1.82) is 0 Å². The fourth-order valence-corrected chi connectivity index (χ4v) is 7.89. The fraction of sp³-hybridized carbons (Fsp3) is 0.535. The predicted octanol–water partition coefficient (Wildman–Crippen LogP) is 3.23. The molecule has 1 aromatic carbocycles. The highest BCUT2D eigenvalue weighted by atomic mass is 16.7. The summed E-state index contributed by atoms with van der Waals surface area (Å²) in [7, 11) is 3.39. The van der Waals surface area contributed by atoms with Gasteiger partial charge in [0.05, 0.1) is 53.1 Å². The van der Waals surface area contributed by atoms with Crippen molar-refractivity contribution < 1.29 is 58.2 Å². The first-order valence-corrected chi connectivity index (χ1v) is 19.7. The molecule has 5 bridgehead atoms. The number of ketones is 3. The minimum absolute atomic E-state index is 0.0118. The van der Waals surface area contributed by atoms with Gasteiger partial charge in [-0.15, -0.1) is 0 Å². The molecule has 0 aromatic heterocycles. The van der Waals surface area contributed by atoms with Crippen LogP contribution in [0.3, 0.4) is 0 Å². The lowest BCUT2D eigenvalue weighted by molar-refractivity contribution is -0.160. The standard InChI is InChI=1S/C43H56N4O12/c1-21-12-11-13-22(2)42(55)45-33-28(20-44-47-17-15-46(9)16-18-47)37(52)30-31(38(33)53)36(51)26(6)40-32(30)41(54)43(8,59-40)57-19-14-29(56-10)23(3)39(58-27(7)48)25(5)35(50)24(4)34(21)49/h11-14,19-21,23-25,29,34-35,39,49-51H,15-18H2,1-10H3,(H,45,55). The summed E-state index contributed by atoms with van der Waals surface area (Å²) < 4.78 is 23.5. The number of hydrogen-bond acceptors (Lipinski definition) is 15. The lowest BCUT2D eigenvalue weighted by atomic mass is 9.78. The molecule has 1 saturated heterocycles. The lowest BCUT2D eigenvalue weighted by Gasteiger charge is -2.38. The van der Waals surface area contributed by atoms with Crippen molar-refractivity contribution in [3.8, 4) is 11.5 Å². The van der Waals surface area contributed by atoms with Gasteiger partial charge in [-0.2, -0.15) is 5.10 Å². The van der Waals surface area contributed by atoms with Gasteiger partial charge in [0.2, 0.25) is 5.78 Å². The summed E-state index contributed by atoms with van der Waals surface area (Å²) in [5, 5.41) is 43.1. The molecule has 1 aromatic rings. The number of aliphatic hydroxyl groups is 2. The van der Waals surface area contributed by atoms with Crippen LogP contribution in [0.5, 0.6) is 11.5 Å². The van der Waals surface area contributed by atoms with Crippen LogP contribution in [-0.2, 0) is 23.8 Å². The smallest absolute Gasteiger partial charge is 0.312 e. The molecule has 0 spiro atoms. The number of hydrazone groups is 1. The number of ether oxygens (including phenoxy) is 4. The number of amides is 1. The third-order valence-electron chi connectivity index (χ3n) is 11.8. The molecule has 4 aliphatic heterocycles. The molecule has 4 heterocycles. The molecule has 1 fully saturated rings. The summed E-state index contributed by atoms with van der Waals surface area (Å²) in [6.07, 6.45) is 4.56. The van der Waals surface area contributed by atoms with Crippen LogP contribution in [0.25, 0.3) is 0 Å². The van der Waals surface area contributed by atoms with Crippen molar-refractivity contribution >= 4 is 35.4 Å². The second-order valence-corrected chi connectivity index (χ2v) is 16.1. The number of phenols is 1. The zero-order valence-corrected chi connectivity index (χ0v) is 35.3. The number of piperazine rings is 1. The Kier molecular flexibility index (Phi) is 13.7. The van der Waals surface area contributed by atoms with Crippen molar-refractivity contribution in [3.63, 3.8) is 0 Å². The van der Waals surface area contributed by atoms with Gasteiger partial charge in [0, 0.05) is 81.9 Å². The topological polar surface area (TPSA) is 214 Å². The first-order valence-electron chi connectivity index (χ1n) is 19.7. The van der Waals surface area contributed by atoms with E-state index in [-0.39, 0.29) is 28.0 Å². The highest BCUT2D eigenvalue weighted by Crippen LogP contribution is 2.48. The molecular weight excluding hydrogens is 764 g/mol. The fourth-order valence-electron chi connectivity index (χ4n) is 7.89. The maximum absolute atomic E-state index is 14.6. The maximum Gasteiger partial charge on any atom is 0.312 e. The number of allylic oxidation sites excluding steroid dienone is 4. The van der Waals surface area contributed by atoms with Gasteiger partial charge in [0.1, 0.15) is 23.3 Å². The number of methoxy groups -OCH3 is 1. The number of aliphatic hydroxyl groups excluding tert-OH is 2. The second kappa shape index (κ2) is 18.0. The highest BCUT2D eigenvalue weighted by molar-refractivity contribution is 6.37. The van der Waals surface area contributed by atoms with E-state index in [9.17, 15) is 39.3 Å². The van der Waals surface area contributed by atoms with Crippen LogP contribution in [0.1, 0.15) is 85.1 Å². The molecule has 6 rings (SSSR count). The highest BCUT2D eigenvalue weighted by Gasteiger charge is 2.52. The average Bonchev–Trinajstić information content (AvgIpc) is 3.46. The summed E-state index contributed by atoms with van der Waals surface area (Å²) in [4.78, 5) is 71.6. The Balaban J connectivity index is 1.66. The van der Waals surface area contributed by atoms with E-state index in [1.807, 2.05) is 7.05 Å². The van der Waals surface area contributed by atoms with Crippen LogP contribution >= 0.6 is 0 Å². The number of esters is 1. The molecule has 5 aliphatic rings. The molecule has 0 saturated carbocycles. The molecule has 1 aliphatic carbocycles. The van der Waals surface area contributed by atoms with Crippen LogP contribution in [0, 0.1) is 30.6 Å². The third-order valence-corrected chi connectivity index (χ3v) is 11.8. The molecule has 1 amide bonds. The van der Waals surface area contributed by atoms with Crippen molar-refractivity contribution in [2.45, 2.75) is 85.6 Å². The molecule has 9 unspecified atom stereocenters. The molecule has 4 N–H and O–H groups in total. The van der Waals surface area contributed by atoms with Gasteiger partial charge >= 0.3 is 11.8 Å². The van der Waals surface area contributed by atoms with E-state index >= 15 is 0 Å². The zero-order valence-electron chi connectivity index (χ0n) is 35.3. The van der Waals surface area contributed by atoms with E-state index in [0.717, 1.165) is 0 Å². The SMILES string of the molecule is COC1C=COC2(C)Oc3c(C)c(O)c4c(c3C2=O)C(=O)C(C=NN2CCN(C)CC2)=C(NC(=O)C(C)=CC=CC(C)C(O)C(C)C(O)C(C)C(OC(C)=O)C1C)C4=O. The molecule has 9 atom stereocenters. The molecule has 16 heteroatoms. The summed E-state index contributed by atoms with van der Waals surface area (Å²) in [6, 6.07) is 0. The van der Waals surface area contributed by atoms with Crippen LogP contribution in [0.15, 0.2) is 52.5 Å². The van der Waals surface area contributed by atoms with E-state index in [2.05, 4.69) is 15.3 Å². The second-order valence-electron chi connectivity index (χ2n) is 16.1. The van der Waals surface area contributed by atoms with Crippen molar-refractivity contribution in [1.82, 2.24) is 15.2 Å². The van der Waals surface area contributed by atoms with Crippen LogP contribution < -0.4 is 10.1 Å². The van der Waals surface area contributed by atoms with Crippen molar-refractivity contribution in [2.75, 3.05) is 40.3 Å². The van der Waals surface area contributed by atoms with Crippen molar-refractivity contribution in [2.24, 2.45) is 28.8 Å². The van der Waals surface area contributed by atoms with Gasteiger partial charge in [-0.3, -0.25) is 29.0 Å². The maximum atomic E-state index is 14.6. The minimum atomic E-state index is -2.09. The number of aromatic hydroxyl groups is 1. The first kappa shape index (κ1) is 44.9. The Hall–Kier alpha value is -5.16. The number of phenolic OH excluding ortho intramolecular Hbond substituents is 1. The van der Waals surface area contributed by atoms with E-state index in [4.69, 9.17) is 18.9 Å². The zero-order chi connectivity index (χ0) is 43.7. The van der Waals surface area contributed by atoms with Gasteiger partial charge in [0.15, 0.2) is 5.78 Å². The molecule has 320 valence electrons. The monoisotopic (exact) mass is 820 g/mol. The van der Waals surface area contributed by atoms with E-state index in [1.54, 1.807) is 44.9 Å². The number of benzene rings is 1. The Morgan fingerprint density at radius 2 is 1.61 bits per heavy atom. The Morgan fingerprint density at radius 3 is 2.24 bits per heavy atom. The Morgan fingerprint density at radius 1 is 0.949 bits per heavy atom. The number of likely N-dealkylation sites (N-methyl/N-ethyl adjacent to an activating group) is 1. The number of carbonyl (C=O) groups excluding carboxylic acids is 5. The van der Waals surface area contributed by atoms with E-state index in [1.165, 1.54) is 59.4 Å². The average molecular weight is 821 g/mol. The van der Waals surface area contributed by atoms with Gasteiger partial charge < -0.3 is 44.5 Å². The minimum Gasteiger partial charge on any atom is -0.507 e. The van der Waals surface area contributed by atoms with Crippen LogP contribution in [-0.4, -0.2) is 131 Å². The summed E-state index contributed by atoms with van der Waals surface area (Å²) in [6.45, 7) is 14.8. The van der Waals surface area contributed by atoms with Gasteiger partial charge in [0.25, 0.3) is 11.7 Å². The number of Topliss-reactive ketones (excluding diaryl/α,β-unsaturated/α-hetero) is 3. The number of hydrogen-bond donors (Lipinski definition) is 4. The number of rotatable bonds is 4. The normalized spacial score (nSPS) is 31.3. The Bertz CT molecular complexity index is 2030. The summed E-state index contributed by atoms with van der Waals surface area (Å²) >= 11 is 0. The lowest BCUT2D eigenvalue weighted by Crippen LogP contribution is -2.46. The first-order chi connectivity index (χ1) is 27.7. The molecular formula is C43H56N4O12. The number of nitrogens with one attached hydrogen (secondary N) is 1. The number of nitrogens with zero attached hydrogens (tertiary/aromatic N) is 3. The quantitative estimate of drug-likeness (QED) is 0.254. The van der Waals surface area contributed by atoms with E-state index < -0.39 is 106 Å². The third kappa shape index (κ3) is 8.91. The largest absolute Gasteiger partial charge is 0.507 e. The number of fused-ring (bicyclic) bond motifs is 14. The predicted molar refractivity (Wildman–Crippen MR) is 216 cm³/mol. The van der Waals surface area contributed by atoms with Crippen molar-refractivity contribution in [3.05, 3.63) is 69.7 Å². The Labute approximate surface area is 344 Å². The van der Waals surface area contributed by atoms with Gasteiger partial charge in [-0.25, -0.2) is 0 Å². The van der Waals surface area contributed by atoms with Crippen LogP contribution in [0.4, 0.5) is 0 Å². The van der Waals surface area contributed by atoms with Gasteiger partial charge in [-0.1, -0.05) is 45.9 Å². The number of carbonyl (C=O) groups is 5. The van der Waals surface area contributed by atoms with Crippen LogP contribution in [0.2, 0.25) is 0 Å².